The number of hydrogen-bond acceptors (Lipinski definition) is 5. The number of anilines is 1. The fourth-order valence-electron chi connectivity index (χ4n) is 2.28. The second-order valence-electron chi connectivity index (χ2n) is 4.76. The molecule has 1 aliphatic rings. The van der Waals surface area contributed by atoms with Gasteiger partial charge in [0, 0.05) is 25.3 Å². The van der Waals surface area contributed by atoms with Crippen molar-refractivity contribution < 1.29 is 19.6 Å². The van der Waals surface area contributed by atoms with Crippen molar-refractivity contribution in [3.05, 3.63) is 32.8 Å². The number of aromatic carboxylic acids is 1. The molecule has 114 valence electrons. The van der Waals surface area contributed by atoms with E-state index < -0.39 is 10.9 Å². The minimum atomic E-state index is -1.26. The molecular weight excluding hydrogens is 300 g/mol. The summed E-state index contributed by atoms with van der Waals surface area (Å²) in [6.07, 6.45) is 2.92. The smallest absolute Gasteiger partial charge is 0.338 e. The Hall–Kier alpha value is -1.86. The maximum absolute atomic E-state index is 11.2. The monoisotopic (exact) mass is 314 g/mol. The number of nitro benzene ring substituents is 1. The van der Waals surface area contributed by atoms with Gasteiger partial charge in [0.15, 0.2) is 0 Å². The minimum absolute atomic E-state index is 0.0222. The molecule has 1 aromatic rings. The number of carbonyl (C=O) groups is 1. The summed E-state index contributed by atoms with van der Waals surface area (Å²) in [7, 11) is 0. The molecule has 0 aromatic heterocycles. The van der Waals surface area contributed by atoms with Crippen molar-refractivity contribution in [3.8, 4) is 0 Å². The predicted octanol–water partition coefficient (Wildman–Crippen LogP) is 2.93. The van der Waals surface area contributed by atoms with Crippen LogP contribution in [-0.2, 0) is 4.74 Å². The molecular formula is C13H15ClN2O5. The molecule has 1 aliphatic heterocycles. The number of rotatable bonds is 6. The Morgan fingerprint density at radius 2 is 2.33 bits per heavy atom. The molecule has 1 atom stereocenters. The summed E-state index contributed by atoms with van der Waals surface area (Å²) in [5, 5.41) is 22.9. The van der Waals surface area contributed by atoms with Gasteiger partial charge in [-0.1, -0.05) is 11.6 Å². The molecule has 2 N–H and O–H groups in total. The van der Waals surface area contributed by atoms with Gasteiger partial charge in [0.25, 0.3) is 5.69 Å². The Morgan fingerprint density at radius 3 is 2.90 bits per heavy atom. The molecule has 0 amide bonds. The SMILES string of the molecule is O=C(O)c1cc([N+](=O)[O-])cc(Cl)c1NCCC1CCCO1. The Kier molecular flexibility index (Phi) is 4.98. The first-order valence-corrected chi connectivity index (χ1v) is 6.93. The summed E-state index contributed by atoms with van der Waals surface area (Å²) in [5.41, 5.74) is -0.351. The molecule has 21 heavy (non-hydrogen) atoms. The van der Waals surface area contributed by atoms with Crippen LogP contribution in [0.4, 0.5) is 11.4 Å². The molecule has 0 aliphatic carbocycles. The van der Waals surface area contributed by atoms with Crippen molar-refractivity contribution in [2.75, 3.05) is 18.5 Å². The van der Waals surface area contributed by atoms with Gasteiger partial charge in [0.2, 0.25) is 0 Å². The van der Waals surface area contributed by atoms with Crippen LogP contribution >= 0.6 is 11.6 Å². The number of ether oxygens (including phenoxy) is 1. The van der Waals surface area contributed by atoms with Crippen LogP contribution in [0.25, 0.3) is 0 Å². The van der Waals surface area contributed by atoms with E-state index in [1.54, 1.807) is 0 Å². The van der Waals surface area contributed by atoms with Crippen LogP contribution < -0.4 is 5.32 Å². The molecule has 0 bridgehead atoms. The number of carboxylic acid groups (broad SMARTS) is 1. The second kappa shape index (κ2) is 6.73. The lowest BCUT2D eigenvalue weighted by Crippen LogP contribution is -2.14. The summed E-state index contributed by atoms with van der Waals surface area (Å²) in [5.74, 6) is -1.26. The lowest BCUT2D eigenvalue weighted by Gasteiger charge is -2.14. The van der Waals surface area contributed by atoms with Gasteiger partial charge < -0.3 is 15.2 Å². The first kappa shape index (κ1) is 15.5. The van der Waals surface area contributed by atoms with Crippen molar-refractivity contribution in [3.63, 3.8) is 0 Å². The molecule has 8 heteroatoms. The number of non-ortho nitro benzene ring substituents is 1. The first-order valence-electron chi connectivity index (χ1n) is 6.55. The van der Waals surface area contributed by atoms with E-state index in [0.717, 1.165) is 38.0 Å². The predicted molar refractivity (Wildman–Crippen MR) is 77.1 cm³/mol. The topological polar surface area (TPSA) is 102 Å². The number of benzene rings is 1. The Bertz CT molecular complexity index is 558. The van der Waals surface area contributed by atoms with Crippen molar-refractivity contribution in [1.29, 1.82) is 0 Å². The summed E-state index contributed by atoms with van der Waals surface area (Å²) in [4.78, 5) is 21.3. The van der Waals surface area contributed by atoms with Gasteiger partial charge in [-0.3, -0.25) is 10.1 Å². The summed E-state index contributed by atoms with van der Waals surface area (Å²) >= 11 is 5.96. The van der Waals surface area contributed by atoms with Crippen LogP contribution in [0.3, 0.4) is 0 Å². The molecule has 1 unspecified atom stereocenters. The minimum Gasteiger partial charge on any atom is -0.478 e. The van der Waals surface area contributed by atoms with Crippen LogP contribution in [0, 0.1) is 10.1 Å². The van der Waals surface area contributed by atoms with Gasteiger partial charge in [-0.2, -0.15) is 0 Å². The van der Waals surface area contributed by atoms with E-state index in [1.807, 2.05) is 0 Å². The maximum Gasteiger partial charge on any atom is 0.338 e. The average molecular weight is 315 g/mol. The third-order valence-electron chi connectivity index (χ3n) is 3.31. The van der Waals surface area contributed by atoms with Crippen LogP contribution in [0.15, 0.2) is 12.1 Å². The van der Waals surface area contributed by atoms with E-state index in [0.29, 0.717) is 6.54 Å². The Labute approximate surface area is 126 Å². The third-order valence-corrected chi connectivity index (χ3v) is 3.61. The zero-order valence-electron chi connectivity index (χ0n) is 11.2. The molecule has 0 radical (unpaired) electrons. The maximum atomic E-state index is 11.2. The molecule has 0 saturated carbocycles. The van der Waals surface area contributed by atoms with Gasteiger partial charge in [-0.25, -0.2) is 4.79 Å². The lowest BCUT2D eigenvalue weighted by atomic mass is 10.1. The number of halogens is 1. The van der Waals surface area contributed by atoms with Gasteiger partial charge >= 0.3 is 5.97 Å². The van der Waals surface area contributed by atoms with Crippen molar-refractivity contribution in [2.45, 2.75) is 25.4 Å². The number of carboxylic acids is 1. The first-order chi connectivity index (χ1) is 9.99. The highest BCUT2D eigenvalue weighted by Crippen LogP contribution is 2.31. The van der Waals surface area contributed by atoms with Crippen molar-refractivity contribution in [2.24, 2.45) is 0 Å². The van der Waals surface area contributed by atoms with Crippen molar-refractivity contribution >= 4 is 28.9 Å². The van der Waals surface area contributed by atoms with E-state index in [-0.39, 0.29) is 28.1 Å². The Morgan fingerprint density at radius 1 is 1.57 bits per heavy atom. The van der Waals surface area contributed by atoms with Gasteiger partial charge in [0.05, 0.1) is 27.3 Å². The quantitative estimate of drug-likeness (QED) is 0.618. The van der Waals surface area contributed by atoms with Gasteiger partial charge in [-0.15, -0.1) is 0 Å². The third kappa shape index (κ3) is 3.83. The number of nitrogens with one attached hydrogen (secondary N) is 1. The summed E-state index contributed by atoms with van der Waals surface area (Å²) in [6, 6.07) is 2.14. The molecule has 1 saturated heterocycles. The second-order valence-corrected chi connectivity index (χ2v) is 5.17. The van der Waals surface area contributed by atoms with Crippen LogP contribution in [-0.4, -0.2) is 35.3 Å². The van der Waals surface area contributed by atoms with E-state index in [4.69, 9.17) is 21.4 Å². The summed E-state index contributed by atoms with van der Waals surface area (Å²) in [6.45, 7) is 1.24. The molecule has 1 heterocycles. The Balaban J connectivity index is 2.13. The van der Waals surface area contributed by atoms with E-state index in [1.165, 1.54) is 0 Å². The molecule has 1 fully saturated rings. The number of nitrogens with zero attached hydrogens (tertiary/aromatic N) is 1. The van der Waals surface area contributed by atoms with Crippen LogP contribution in [0.5, 0.6) is 0 Å². The number of nitro groups is 1. The fraction of sp³-hybridized carbons (Fsp3) is 0.462. The molecule has 1 aromatic carbocycles. The van der Waals surface area contributed by atoms with Crippen molar-refractivity contribution in [1.82, 2.24) is 0 Å². The highest BCUT2D eigenvalue weighted by molar-refractivity contribution is 6.34. The zero-order chi connectivity index (χ0) is 15.4. The highest BCUT2D eigenvalue weighted by Gasteiger charge is 2.21. The van der Waals surface area contributed by atoms with Crippen LogP contribution in [0.2, 0.25) is 5.02 Å². The van der Waals surface area contributed by atoms with Crippen LogP contribution in [0.1, 0.15) is 29.6 Å². The molecule has 2 rings (SSSR count). The van der Waals surface area contributed by atoms with E-state index in [9.17, 15) is 14.9 Å². The highest BCUT2D eigenvalue weighted by atomic mass is 35.5. The average Bonchev–Trinajstić information content (AvgIpc) is 2.92. The fourth-order valence-corrected chi connectivity index (χ4v) is 2.56. The summed E-state index contributed by atoms with van der Waals surface area (Å²) < 4.78 is 5.47. The van der Waals surface area contributed by atoms with Gasteiger partial charge in [0.1, 0.15) is 0 Å². The molecule has 0 spiro atoms. The van der Waals surface area contributed by atoms with E-state index >= 15 is 0 Å². The van der Waals surface area contributed by atoms with Gasteiger partial charge in [-0.05, 0) is 19.3 Å². The zero-order valence-corrected chi connectivity index (χ0v) is 11.9. The standard InChI is InChI=1S/C13H15ClN2O5/c14-11-7-8(16(19)20)6-10(13(17)18)12(11)15-4-3-9-2-1-5-21-9/h6-7,9,15H,1-5H2,(H,17,18). The molecule has 7 nitrogen and oxygen atoms in total. The normalized spacial score (nSPS) is 17.7. The largest absolute Gasteiger partial charge is 0.478 e. The number of hydrogen-bond donors (Lipinski definition) is 2. The van der Waals surface area contributed by atoms with E-state index in [2.05, 4.69) is 5.32 Å². The lowest BCUT2D eigenvalue weighted by molar-refractivity contribution is -0.384.